The monoisotopic (exact) mass is 130 g/mol. The van der Waals surface area contributed by atoms with E-state index in [0.29, 0.717) is 0 Å². The van der Waals surface area contributed by atoms with Gasteiger partial charge >= 0.3 is 0 Å². The van der Waals surface area contributed by atoms with Crippen molar-refractivity contribution >= 4 is 12.8 Å². The molecule has 3 rings (SSSR count). The highest BCUT2D eigenvalue weighted by atomic mass is 32.1. The minimum Gasteiger partial charge on any atom is -0.314 e. The lowest BCUT2D eigenvalue weighted by Crippen LogP contribution is -2.63. The molecule has 2 nitrogen and oxygen atoms in total. The van der Waals surface area contributed by atoms with E-state index in [1.54, 1.807) is 0 Å². The standard InChI is InChI=1S/C5H10N2S/c8-7-4-1-5(7)3-6-2-4/h4-6,8H,1-3H2. The second-order valence-electron chi connectivity index (χ2n) is 2.58. The maximum absolute atomic E-state index is 4.30. The summed E-state index contributed by atoms with van der Waals surface area (Å²) < 4.78 is 2.16. The molecule has 8 heavy (non-hydrogen) atoms. The summed E-state index contributed by atoms with van der Waals surface area (Å²) in [6.07, 6.45) is 1.36. The number of nitrogens with one attached hydrogen (secondary N) is 1. The van der Waals surface area contributed by atoms with Crippen molar-refractivity contribution in [3.63, 3.8) is 0 Å². The summed E-state index contributed by atoms with van der Waals surface area (Å²) in [5.41, 5.74) is 0. The molecule has 3 fully saturated rings. The molecule has 0 aromatic carbocycles. The highest BCUT2D eigenvalue weighted by Gasteiger charge is 2.39. The van der Waals surface area contributed by atoms with Crippen molar-refractivity contribution < 1.29 is 0 Å². The molecule has 2 unspecified atom stereocenters. The molecule has 2 bridgehead atoms. The lowest BCUT2D eigenvalue weighted by atomic mass is 9.93. The molecule has 3 aliphatic rings. The Balaban J connectivity index is 2.03. The van der Waals surface area contributed by atoms with Crippen LogP contribution in [0.2, 0.25) is 0 Å². The van der Waals surface area contributed by atoms with Gasteiger partial charge in [-0.15, -0.1) is 0 Å². The molecular formula is C5H10N2S. The van der Waals surface area contributed by atoms with Gasteiger partial charge in [0.2, 0.25) is 0 Å². The van der Waals surface area contributed by atoms with E-state index in [2.05, 4.69) is 22.4 Å². The summed E-state index contributed by atoms with van der Waals surface area (Å²) in [6, 6.07) is 1.47. The second-order valence-corrected chi connectivity index (χ2v) is 3.04. The van der Waals surface area contributed by atoms with Crippen LogP contribution in [0.15, 0.2) is 0 Å². The lowest BCUT2D eigenvalue weighted by Gasteiger charge is -2.49. The number of piperidine rings is 1. The third-order valence-electron chi connectivity index (χ3n) is 2.05. The molecule has 0 amide bonds. The predicted molar refractivity (Wildman–Crippen MR) is 35.9 cm³/mol. The highest BCUT2D eigenvalue weighted by molar-refractivity contribution is 7.77. The van der Waals surface area contributed by atoms with Crippen molar-refractivity contribution in [3.8, 4) is 0 Å². The van der Waals surface area contributed by atoms with Crippen molar-refractivity contribution in [2.45, 2.75) is 18.5 Å². The minimum absolute atomic E-state index is 0.733. The number of hydrogen-bond acceptors (Lipinski definition) is 3. The Hall–Kier alpha value is 0.270. The fourth-order valence-electron chi connectivity index (χ4n) is 1.46. The molecule has 3 aliphatic heterocycles. The Kier molecular flexibility index (Phi) is 1.03. The molecule has 0 aromatic heterocycles. The fourth-order valence-corrected chi connectivity index (χ4v) is 1.81. The fraction of sp³-hybridized carbons (Fsp3) is 1.00. The Morgan fingerprint density at radius 1 is 1.38 bits per heavy atom. The third kappa shape index (κ3) is 0.522. The number of nitrogens with zero attached hydrogens (tertiary/aromatic N) is 1. The van der Waals surface area contributed by atoms with Crippen molar-refractivity contribution in [2.24, 2.45) is 0 Å². The molecule has 1 N–H and O–H groups in total. The molecular weight excluding hydrogens is 120 g/mol. The molecule has 0 saturated carbocycles. The van der Waals surface area contributed by atoms with Crippen LogP contribution in [0.1, 0.15) is 6.42 Å². The van der Waals surface area contributed by atoms with Crippen molar-refractivity contribution in [2.75, 3.05) is 13.1 Å². The van der Waals surface area contributed by atoms with Crippen molar-refractivity contribution in [1.82, 2.24) is 9.62 Å². The van der Waals surface area contributed by atoms with E-state index in [-0.39, 0.29) is 0 Å². The molecule has 3 saturated heterocycles. The summed E-state index contributed by atoms with van der Waals surface area (Å²) in [5, 5.41) is 3.32. The minimum atomic E-state index is 0.733. The largest absolute Gasteiger partial charge is 0.314 e. The van der Waals surface area contributed by atoms with Crippen LogP contribution in [0.5, 0.6) is 0 Å². The van der Waals surface area contributed by atoms with Gasteiger partial charge in [0, 0.05) is 25.2 Å². The maximum atomic E-state index is 4.30. The summed E-state index contributed by atoms with van der Waals surface area (Å²) in [4.78, 5) is 0. The summed E-state index contributed by atoms with van der Waals surface area (Å²) in [6.45, 7) is 2.28. The topological polar surface area (TPSA) is 15.3 Å². The number of piperazine rings is 1. The normalized spacial score (nSPS) is 46.1. The zero-order valence-electron chi connectivity index (χ0n) is 4.67. The van der Waals surface area contributed by atoms with Gasteiger partial charge in [-0.3, -0.25) is 0 Å². The van der Waals surface area contributed by atoms with Crippen LogP contribution in [0, 0.1) is 0 Å². The third-order valence-corrected chi connectivity index (χ3v) is 2.71. The summed E-state index contributed by atoms with van der Waals surface area (Å²) in [7, 11) is 0. The van der Waals surface area contributed by atoms with Gasteiger partial charge in [-0.2, -0.15) is 0 Å². The number of hydrogen-bond donors (Lipinski definition) is 2. The van der Waals surface area contributed by atoms with Crippen LogP contribution in [0.4, 0.5) is 0 Å². The van der Waals surface area contributed by atoms with Gasteiger partial charge in [-0.1, -0.05) is 12.8 Å². The molecule has 2 atom stereocenters. The Morgan fingerprint density at radius 2 is 2.00 bits per heavy atom. The molecule has 46 valence electrons. The second kappa shape index (κ2) is 1.62. The van der Waals surface area contributed by atoms with Crippen LogP contribution in [-0.2, 0) is 0 Å². The van der Waals surface area contributed by atoms with Gasteiger partial charge in [0.05, 0.1) is 0 Å². The Morgan fingerprint density at radius 3 is 2.25 bits per heavy atom. The van der Waals surface area contributed by atoms with Crippen LogP contribution in [0.3, 0.4) is 0 Å². The van der Waals surface area contributed by atoms with Crippen molar-refractivity contribution in [3.05, 3.63) is 0 Å². The van der Waals surface area contributed by atoms with Crippen LogP contribution >= 0.6 is 12.8 Å². The van der Waals surface area contributed by atoms with Crippen LogP contribution in [-0.4, -0.2) is 29.5 Å². The van der Waals surface area contributed by atoms with Crippen LogP contribution < -0.4 is 5.32 Å². The Labute approximate surface area is 54.8 Å². The predicted octanol–water partition coefficient (Wildman–Crippen LogP) is -0.123. The first-order valence-electron chi connectivity index (χ1n) is 3.06. The van der Waals surface area contributed by atoms with Gasteiger partial charge in [0.1, 0.15) is 0 Å². The van der Waals surface area contributed by atoms with E-state index in [9.17, 15) is 0 Å². The van der Waals surface area contributed by atoms with Gasteiger partial charge in [0.15, 0.2) is 0 Å². The van der Waals surface area contributed by atoms with Crippen molar-refractivity contribution in [1.29, 1.82) is 0 Å². The summed E-state index contributed by atoms with van der Waals surface area (Å²) in [5.74, 6) is 0. The summed E-state index contributed by atoms with van der Waals surface area (Å²) >= 11 is 4.30. The first kappa shape index (κ1) is 5.09. The average Bonchev–Trinajstić information content (AvgIpc) is 1.89. The quantitative estimate of drug-likeness (QED) is 0.444. The van der Waals surface area contributed by atoms with Gasteiger partial charge in [-0.05, 0) is 6.42 Å². The van der Waals surface area contributed by atoms with E-state index in [4.69, 9.17) is 0 Å². The first-order valence-corrected chi connectivity index (χ1v) is 3.46. The molecule has 0 aliphatic carbocycles. The molecule has 3 heterocycles. The zero-order valence-corrected chi connectivity index (χ0v) is 5.56. The molecule has 3 heteroatoms. The molecule has 0 spiro atoms. The Bertz CT molecular complexity index is 92.6. The molecule has 0 aromatic rings. The number of fused-ring (bicyclic) bond motifs is 2. The SMILES string of the molecule is SN1C2CNCC1C2. The average molecular weight is 130 g/mol. The van der Waals surface area contributed by atoms with E-state index < -0.39 is 0 Å². The van der Waals surface area contributed by atoms with E-state index in [0.717, 1.165) is 25.2 Å². The first-order chi connectivity index (χ1) is 3.88. The van der Waals surface area contributed by atoms with Gasteiger partial charge in [-0.25, -0.2) is 4.31 Å². The molecule has 0 radical (unpaired) electrons. The number of rotatable bonds is 0. The van der Waals surface area contributed by atoms with E-state index in [1.165, 1.54) is 6.42 Å². The highest BCUT2D eigenvalue weighted by Crippen LogP contribution is 2.29. The van der Waals surface area contributed by atoms with Gasteiger partial charge < -0.3 is 5.32 Å². The maximum Gasteiger partial charge on any atom is 0.0344 e. The number of thiol groups is 1. The van der Waals surface area contributed by atoms with Gasteiger partial charge in [0.25, 0.3) is 0 Å². The lowest BCUT2D eigenvalue weighted by molar-refractivity contribution is 0.0865. The van der Waals surface area contributed by atoms with E-state index in [1.807, 2.05) is 0 Å². The van der Waals surface area contributed by atoms with E-state index >= 15 is 0 Å². The van der Waals surface area contributed by atoms with Crippen LogP contribution in [0.25, 0.3) is 0 Å². The zero-order chi connectivity index (χ0) is 5.56. The smallest absolute Gasteiger partial charge is 0.0344 e.